The van der Waals surface area contributed by atoms with E-state index in [0.29, 0.717) is 6.04 Å². The molecule has 0 spiro atoms. The molecule has 1 aliphatic heterocycles. The highest BCUT2D eigenvalue weighted by Crippen LogP contribution is 2.20. The Hall–Kier alpha value is -2.24. The van der Waals surface area contributed by atoms with E-state index in [1.807, 2.05) is 20.0 Å². The molecule has 0 aromatic carbocycles. The number of rotatable bonds is 4. The topological polar surface area (TPSA) is 66.8 Å². The Bertz CT molecular complexity index is 664. The van der Waals surface area contributed by atoms with Crippen LogP contribution >= 0.6 is 0 Å². The van der Waals surface area contributed by atoms with Crippen molar-refractivity contribution >= 4 is 11.8 Å². The van der Waals surface area contributed by atoms with Crippen LogP contribution in [0.2, 0.25) is 0 Å². The fourth-order valence-corrected chi connectivity index (χ4v) is 2.78. The monoisotopic (exact) mass is 312 g/mol. The average Bonchev–Trinajstić information content (AvgIpc) is 2.59. The molecule has 122 valence electrons. The minimum absolute atomic E-state index is 0.417. The molecule has 1 fully saturated rings. The third kappa shape index (κ3) is 3.75. The van der Waals surface area contributed by atoms with Crippen molar-refractivity contribution < 1.29 is 0 Å². The zero-order valence-electron chi connectivity index (χ0n) is 14.1. The van der Waals surface area contributed by atoms with Gasteiger partial charge in [0.1, 0.15) is 12.1 Å². The molecule has 0 amide bonds. The zero-order valence-corrected chi connectivity index (χ0v) is 14.1. The molecule has 0 radical (unpaired) electrons. The summed E-state index contributed by atoms with van der Waals surface area (Å²) >= 11 is 0. The van der Waals surface area contributed by atoms with Crippen LogP contribution in [0.1, 0.15) is 36.7 Å². The Morgan fingerprint density at radius 3 is 2.65 bits per heavy atom. The van der Waals surface area contributed by atoms with Crippen molar-refractivity contribution in [1.82, 2.24) is 19.9 Å². The molecule has 6 nitrogen and oxygen atoms in total. The van der Waals surface area contributed by atoms with Crippen LogP contribution in [-0.4, -0.2) is 39.1 Å². The van der Waals surface area contributed by atoms with Crippen molar-refractivity contribution in [2.75, 3.05) is 23.3 Å². The maximum Gasteiger partial charge on any atom is 0.223 e. The third-order valence-electron chi connectivity index (χ3n) is 4.45. The Morgan fingerprint density at radius 1 is 1.17 bits per heavy atom. The molecule has 0 aliphatic carbocycles. The van der Waals surface area contributed by atoms with Gasteiger partial charge in [-0.15, -0.1) is 0 Å². The molecule has 6 heteroatoms. The first-order chi connectivity index (χ1) is 11.2. The molecule has 0 unspecified atom stereocenters. The molecule has 1 N–H and O–H groups in total. The lowest BCUT2D eigenvalue weighted by molar-refractivity contribution is 0.520. The zero-order chi connectivity index (χ0) is 16.2. The first-order valence-corrected chi connectivity index (χ1v) is 8.28. The predicted octanol–water partition coefficient (Wildman–Crippen LogP) is 2.53. The number of nitrogens with zero attached hydrogens (tertiary/aromatic N) is 5. The quantitative estimate of drug-likeness (QED) is 0.936. The van der Waals surface area contributed by atoms with Gasteiger partial charge in [0.2, 0.25) is 5.95 Å². The molecule has 0 atom stereocenters. The van der Waals surface area contributed by atoms with Crippen molar-refractivity contribution in [1.29, 1.82) is 0 Å². The van der Waals surface area contributed by atoms with Crippen LogP contribution in [0.5, 0.6) is 0 Å². The molecule has 1 aliphatic rings. The number of aryl methyl sites for hydroxylation is 3. The molecule has 0 saturated carbocycles. The molecular weight excluding hydrogens is 288 g/mol. The van der Waals surface area contributed by atoms with Gasteiger partial charge in [0.15, 0.2) is 0 Å². The number of hydrogen-bond donors (Lipinski definition) is 1. The summed E-state index contributed by atoms with van der Waals surface area (Å²) in [6.45, 7) is 8.15. The van der Waals surface area contributed by atoms with Crippen LogP contribution < -0.4 is 10.2 Å². The fourth-order valence-electron chi connectivity index (χ4n) is 2.78. The van der Waals surface area contributed by atoms with E-state index in [2.05, 4.69) is 43.1 Å². The molecule has 0 bridgehead atoms. The molecule has 3 heterocycles. The van der Waals surface area contributed by atoms with E-state index in [0.717, 1.165) is 61.1 Å². The van der Waals surface area contributed by atoms with E-state index in [1.165, 1.54) is 0 Å². The van der Waals surface area contributed by atoms with Crippen LogP contribution in [0.3, 0.4) is 0 Å². The summed E-state index contributed by atoms with van der Waals surface area (Å²) in [7, 11) is 0. The number of piperidine rings is 1. The van der Waals surface area contributed by atoms with E-state index in [1.54, 1.807) is 6.33 Å². The summed E-state index contributed by atoms with van der Waals surface area (Å²) in [5.41, 5.74) is 3.26. The van der Waals surface area contributed by atoms with Gasteiger partial charge in [-0.05, 0) is 38.7 Å². The van der Waals surface area contributed by atoms with Gasteiger partial charge in [0.05, 0.1) is 0 Å². The van der Waals surface area contributed by atoms with Gasteiger partial charge in [0.25, 0.3) is 0 Å². The van der Waals surface area contributed by atoms with Gasteiger partial charge in [-0.25, -0.2) is 19.9 Å². The SMILES string of the molecule is CCc1cc(N2CCC(Nc3ncc(C)c(C)n3)CC2)ncn1. The van der Waals surface area contributed by atoms with Gasteiger partial charge in [-0.2, -0.15) is 0 Å². The smallest absolute Gasteiger partial charge is 0.223 e. The summed E-state index contributed by atoms with van der Waals surface area (Å²) in [6, 6.07) is 2.51. The Kier molecular flexibility index (Phi) is 4.69. The Labute approximate surface area is 137 Å². The second-order valence-electron chi connectivity index (χ2n) is 6.09. The second kappa shape index (κ2) is 6.89. The lowest BCUT2D eigenvalue weighted by Crippen LogP contribution is -2.39. The third-order valence-corrected chi connectivity index (χ3v) is 4.45. The highest BCUT2D eigenvalue weighted by molar-refractivity contribution is 5.40. The minimum Gasteiger partial charge on any atom is -0.356 e. The lowest BCUT2D eigenvalue weighted by Gasteiger charge is -2.33. The minimum atomic E-state index is 0.417. The molecular formula is C17H24N6. The summed E-state index contributed by atoms with van der Waals surface area (Å²) in [6.07, 6.45) is 6.61. The summed E-state index contributed by atoms with van der Waals surface area (Å²) in [5, 5.41) is 3.46. The number of aromatic nitrogens is 4. The van der Waals surface area contributed by atoms with Crippen molar-refractivity contribution in [2.24, 2.45) is 0 Å². The van der Waals surface area contributed by atoms with Crippen molar-refractivity contribution in [3.63, 3.8) is 0 Å². The highest BCUT2D eigenvalue weighted by Gasteiger charge is 2.21. The van der Waals surface area contributed by atoms with Crippen LogP contribution in [-0.2, 0) is 6.42 Å². The van der Waals surface area contributed by atoms with Crippen LogP contribution in [0.15, 0.2) is 18.6 Å². The maximum absolute atomic E-state index is 4.51. The number of hydrogen-bond acceptors (Lipinski definition) is 6. The van der Waals surface area contributed by atoms with E-state index < -0.39 is 0 Å². The Morgan fingerprint density at radius 2 is 1.96 bits per heavy atom. The summed E-state index contributed by atoms with van der Waals surface area (Å²) < 4.78 is 0. The molecule has 1 saturated heterocycles. The second-order valence-corrected chi connectivity index (χ2v) is 6.09. The van der Waals surface area contributed by atoms with Crippen LogP contribution in [0.4, 0.5) is 11.8 Å². The van der Waals surface area contributed by atoms with Gasteiger partial charge < -0.3 is 10.2 Å². The van der Waals surface area contributed by atoms with Crippen molar-refractivity contribution in [3.8, 4) is 0 Å². The fraction of sp³-hybridized carbons (Fsp3) is 0.529. The predicted molar refractivity (Wildman–Crippen MR) is 91.8 cm³/mol. The van der Waals surface area contributed by atoms with E-state index >= 15 is 0 Å². The first-order valence-electron chi connectivity index (χ1n) is 8.28. The summed E-state index contributed by atoms with van der Waals surface area (Å²) in [5.74, 6) is 1.78. The van der Waals surface area contributed by atoms with E-state index in [4.69, 9.17) is 0 Å². The molecule has 23 heavy (non-hydrogen) atoms. The average molecular weight is 312 g/mol. The van der Waals surface area contributed by atoms with Gasteiger partial charge in [-0.1, -0.05) is 6.92 Å². The maximum atomic E-state index is 4.51. The summed E-state index contributed by atoms with van der Waals surface area (Å²) in [4.78, 5) is 19.9. The van der Waals surface area contributed by atoms with E-state index in [9.17, 15) is 0 Å². The number of nitrogens with one attached hydrogen (secondary N) is 1. The standard InChI is InChI=1S/C17H24N6/c1-4-14-9-16(20-11-19-14)23-7-5-15(6-8-23)22-17-18-10-12(2)13(3)21-17/h9-11,15H,4-8H2,1-3H3,(H,18,21,22). The molecule has 2 aromatic heterocycles. The Balaban J connectivity index is 1.58. The molecule has 2 aromatic rings. The highest BCUT2D eigenvalue weighted by atomic mass is 15.2. The van der Waals surface area contributed by atoms with Crippen LogP contribution in [0, 0.1) is 13.8 Å². The molecule has 3 rings (SSSR count). The van der Waals surface area contributed by atoms with Crippen molar-refractivity contribution in [3.05, 3.63) is 35.5 Å². The van der Waals surface area contributed by atoms with Gasteiger partial charge in [0, 0.05) is 42.8 Å². The lowest BCUT2D eigenvalue weighted by atomic mass is 10.1. The van der Waals surface area contributed by atoms with Crippen LogP contribution in [0.25, 0.3) is 0 Å². The normalized spacial score (nSPS) is 15.7. The van der Waals surface area contributed by atoms with Gasteiger partial charge in [-0.3, -0.25) is 0 Å². The van der Waals surface area contributed by atoms with Crippen molar-refractivity contribution in [2.45, 2.75) is 46.1 Å². The number of anilines is 2. The van der Waals surface area contributed by atoms with E-state index in [-0.39, 0.29) is 0 Å². The largest absolute Gasteiger partial charge is 0.356 e. The first kappa shape index (κ1) is 15.6. The van der Waals surface area contributed by atoms with Gasteiger partial charge >= 0.3 is 0 Å².